The fraction of sp³-hybridized carbons (Fsp3) is 0.500. The Labute approximate surface area is 104 Å². The Hall–Kier alpha value is -1.35. The lowest BCUT2D eigenvalue weighted by Crippen LogP contribution is -2.39. The number of benzene rings is 1. The topological polar surface area (TPSA) is 52.3 Å². The molecule has 3 nitrogen and oxygen atoms in total. The maximum atomic E-state index is 11.4. The molecule has 3 heteroatoms. The van der Waals surface area contributed by atoms with Gasteiger partial charge in [0.2, 0.25) is 0 Å². The minimum atomic E-state index is -0.500. The van der Waals surface area contributed by atoms with Crippen LogP contribution >= 0.6 is 0 Å². The van der Waals surface area contributed by atoms with Crippen LogP contribution in [0.25, 0.3) is 0 Å². The lowest BCUT2D eigenvalue weighted by atomic mass is 10.0. The van der Waals surface area contributed by atoms with Gasteiger partial charge in [-0.1, -0.05) is 46.2 Å². The molecule has 2 N–H and O–H groups in total. The molecule has 1 unspecified atom stereocenters. The predicted molar refractivity (Wildman–Crippen MR) is 71.6 cm³/mol. The van der Waals surface area contributed by atoms with Crippen molar-refractivity contribution in [2.45, 2.75) is 40.2 Å². The quantitative estimate of drug-likeness (QED) is 0.754. The highest BCUT2D eigenvalue weighted by atomic mass is 16.5. The summed E-state index contributed by atoms with van der Waals surface area (Å²) in [5, 5.41) is 0. The van der Waals surface area contributed by atoms with Crippen LogP contribution in [0.2, 0.25) is 0 Å². The summed E-state index contributed by atoms with van der Waals surface area (Å²) in [5.74, 6) is 0.612. The summed E-state index contributed by atoms with van der Waals surface area (Å²) >= 11 is 0. The van der Waals surface area contributed by atoms with Crippen molar-refractivity contribution in [3.05, 3.63) is 29.8 Å². The summed E-state index contributed by atoms with van der Waals surface area (Å²) in [4.78, 5) is 11.4. The minimum absolute atomic E-state index is 0.0307. The Morgan fingerprint density at radius 1 is 1.29 bits per heavy atom. The third-order valence-electron chi connectivity index (χ3n) is 1.91. The fourth-order valence-electron chi connectivity index (χ4n) is 1.25. The van der Waals surface area contributed by atoms with Gasteiger partial charge in [-0.15, -0.1) is 0 Å². The van der Waals surface area contributed by atoms with Crippen molar-refractivity contribution in [1.29, 1.82) is 0 Å². The second-order valence-electron chi connectivity index (χ2n) is 3.49. The molecule has 0 bridgehead atoms. The zero-order chi connectivity index (χ0) is 13.3. The summed E-state index contributed by atoms with van der Waals surface area (Å²) in [6.07, 6.45) is 1.25. The molecule has 1 aliphatic rings. The molecule has 0 radical (unpaired) electrons. The van der Waals surface area contributed by atoms with Crippen molar-refractivity contribution < 1.29 is 9.53 Å². The summed E-state index contributed by atoms with van der Waals surface area (Å²) in [6, 6.07) is 6.65. The number of ether oxygens (including phenoxy) is 1. The Kier molecular flexibility index (Phi) is 8.07. The summed E-state index contributed by atoms with van der Waals surface area (Å²) in [6.45, 7) is 8.54. The number of ketones is 1. The second kappa shape index (κ2) is 8.76. The number of Topliss-reactive ketones (excluding diaryl/α,β-unsaturated/α-hetero) is 1. The first kappa shape index (κ1) is 15.7. The molecular weight excluding hydrogens is 214 g/mol. The van der Waals surface area contributed by atoms with Gasteiger partial charge in [0.05, 0.1) is 5.56 Å². The lowest BCUT2D eigenvalue weighted by Gasteiger charge is -2.20. The standard InChI is InChI=1S/C9H9NO2.C3H8.C2H6/c10-7-5-12-8-4-2-1-3-6(8)9(7)11;1-3-2;1-2/h1-4,7H,5,10H2;3H2,1-2H3;1-2H3. The highest BCUT2D eigenvalue weighted by Crippen LogP contribution is 2.22. The number of carbonyl (C=O) groups is 1. The van der Waals surface area contributed by atoms with Crippen molar-refractivity contribution in [2.24, 2.45) is 5.73 Å². The number of carbonyl (C=O) groups excluding carboxylic acids is 1. The summed E-state index contributed by atoms with van der Waals surface area (Å²) in [7, 11) is 0. The zero-order valence-corrected chi connectivity index (χ0v) is 11.2. The van der Waals surface area contributed by atoms with Gasteiger partial charge in [0.1, 0.15) is 18.4 Å². The minimum Gasteiger partial charge on any atom is -0.491 e. The van der Waals surface area contributed by atoms with E-state index in [-0.39, 0.29) is 12.4 Å². The number of hydrogen-bond acceptors (Lipinski definition) is 3. The molecule has 0 amide bonds. The van der Waals surface area contributed by atoms with Crippen LogP contribution in [0, 0.1) is 0 Å². The third-order valence-corrected chi connectivity index (χ3v) is 1.91. The number of para-hydroxylation sites is 1. The molecule has 2 rings (SSSR count). The van der Waals surface area contributed by atoms with Crippen molar-refractivity contribution in [1.82, 2.24) is 0 Å². The highest BCUT2D eigenvalue weighted by molar-refractivity contribution is 6.03. The zero-order valence-electron chi connectivity index (χ0n) is 11.2. The molecule has 0 aromatic heterocycles. The van der Waals surface area contributed by atoms with Crippen molar-refractivity contribution >= 4 is 5.78 Å². The van der Waals surface area contributed by atoms with Gasteiger partial charge in [-0.05, 0) is 12.1 Å². The van der Waals surface area contributed by atoms with E-state index in [0.717, 1.165) is 0 Å². The van der Waals surface area contributed by atoms with Crippen molar-refractivity contribution in [3.8, 4) is 5.75 Å². The van der Waals surface area contributed by atoms with E-state index in [1.54, 1.807) is 18.2 Å². The first-order valence-corrected chi connectivity index (χ1v) is 6.22. The number of fused-ring (bicyclic) bond motifs is 1. The smallest absolute Gasteiger partial charge is 0.186 e. The lowest BCUT2D eigenvalue weighted by molar-refractivity contribution is 0.0900. The summed E-state index contributed by atoms with van der Waals surface area (Å²) < 4.78 is 5.26. The predicted octanol–water partition coefficient (Wildman–Crippen LogP) is 3.03. The molecule has 1 aliphatic heterocycles. The first-order valence-electron chi connectivity index (χ1n) is 6.22. The van der Waals surface area contributed by atoms with Gasteiger partial charge in [0, 0.05) is 0 Å². The maximum Gasteiger partial charge on any atom is 0.186 e. The molecule has 0 fully saturated rings. The van der Waals surface area contributed by atoms with E-state index in [1.165, 1.54) is 6.42 Å². The van der Waals surface area contributed by atoms with Crippen LogP contribution in [0.15, 0.2) is 24.3 Å². The van der Waals surface area contributed by atoms with Crippen LogP contribution in [-0.4, -0.2) is 18.4 Å². The molecule has 1 heterocycles. The van der Waals surface area contributed by atoms with Gasteiger partial charge in [-0.2, -0.15) is 0 Å². The van der Waals surface area contributed by atoms with Gasteiger partial charge in [-0.3, -0.25) is 4.79 Å². The molecule has 0 saturated heterocycles. The number of hydrogen-bond donors (Lipinski definition) is 1. The third kappa shape index (κ3) is 4.57. The Balaban J connectivity index is 0.000000450. The van der Waals surface area contributed by atoms with Crippen LogP contribution in [-0.2, 0) is 0 Å². The molecular formula is C14H23NO2. The molecule has 17 heavy (non-hydrogen) atoms. The van der Waals surface area contributed by atoms with Crippen molar-refractivity contribution in [2.75, 3.05) is 6.61 Å². The van der Waals surface area contributed by atoms with E-state index >= 15 is 0 Å². The second-order valence-corrected chi connectivity index (χ2v) is 3.49. The molecule has 96 valence electrons. The van der Waals surface area contributed by atoms with Crippen LogP contribution in [0.5, 0.6) is 5.75 Å². The van der Waals surface area contributed by atoms with Crippen LogP contribution in [0.4, 0.5) is 0 Å². The maximum absolute atomic E-state index is 11.4. The average Bonchev–Trinajstić information content (AvgIpc) is 2.38. The SMILES string of the molecule is CC.CCC.NC1COc2ccccc2C1=O. The van der Waals surface area contributed by atoms with Crippen molar-refractivity contribution in [3.63, 3.8) is 0 Å². The highest BCUT2D eigenvalue weighted by Gasteiger charge is 2.24. The molecule has 0 spiro atoms. The van der Waals surface area contributed by atoms with Crippen LogP contribution in [0.3, 0.4) is 0 Å². The van der Waals surface area contributed by atoms with Gasteiger partial charge in [0.15, 0.2) is 5.78 Å². The van der Waals surface area contributed by atoms with E-state index in [2.05, 4.69) is 13.8 Å². The molecule has 1 aromatic carbocycles. The van der Waals surface area contributed by atoms with E-state index in [0.29, 0.717) is 11.3 Å². The van der Waals surface area contributed by atoms with Crippen LogP contribution in [0.1, 0.15) is 44.5 Å². The molecule has 1 aromatic rings. The first-order chi connectivity index (χ1) is 8.20. The largest absolute Gasteiger partial charge is 0.491 e. The molecule has 0 aliphatic carbocycles. The van der Waals surface area contributed by atoms with E-state index in [9.17, 15) is 4.79 Å². The molecule has 1 atom stereocenters. The van der Waals surface area contributed by atoms with Crippen LogP contribution < -0.4 is 10.5 Å². The van der Waals surface area contributed by atoms with Gasteiger partial charge >= 0.3 is 0 Å². The van der Waals surface area contributed by atoms with E-state index < -0.39 is 6.04 Å². The summed E-state index contributed by atoms with van der Waals surface area (Å²) in [5.41, 5.74) is 6.11. The van der Waals surface area contributed by atoms with E-state index in [1.807, 2.05) is 19.9 Å². The Bertz CT molecular complexity index is 337. The molecule has 0 saturated carbocycles. The van der Waals surface area contributed by atoms with Gasteiger partial charge in [-0.25, -0.2) is 0 Å². The van der Waals surface area contributed by atoms with Gasteiger partial charge in [0.25, 0.3) is 0 Å². The monoisotopic (exact) mass is 237 g/mol. The fourth-order valence-corrected chi connectivity index (χ4v) is 1.25. The number of nitrogens with two attached hydrogens (primary N) is 1. The van der Waals surface area contributed by atoms with Gasteiger partial charge < -0.3 is 10.5 Å². The number of rotatable bonds is 0. The average molecular weight is 237 g/mol. The normalized spacial score (nSPS) is 16.5. The Morgan fingerprint density at radius 2 is 1.82 bits per heavy atom. The Morgan fingerprint density at radius 3 is 2.41 bits per heavy atom. The van der Waals surface area contributed by atoms with E-state index in [4.69, 9.17) is 10.5 Å².